The first-order valence-corrected chi connectivity index (χ1v) is 16.0. The molecule has 0 aromatic heterocycles. The van der Waals surface area contributed by atoms with Crippen LogP contribution in [-0.4, -0.2) is 46.0 Å². The Balaban J connectivity index is 1.68. The summed E-state index contributed by atoms with van der Waals surface area (Å²) < 4.78 is 24.6. The molecule has 0 N–H and O–H groups in total. The smallest absolute Gasteiger partial charge is 0.306 e. The number of hydrogen-bond donors (Lipinski definition) is 0. The van der Waals surface area contributed by atoms with Crippen LogP contribution in [0.1, 0.15) is 79.1 Å². The molecule has 1 heterocycles. The number of carbonyl (C=O) groups excluding carboxylic acids is 1. The summed E-state index contributed by atoms with van der Waals surface area (Å²) in [5.41, 5.74) is 1.38. The maximum atomic E-state index is 11.6. The SMILES string of the molecule is CCOC(=O)CCC=CC1=C[C@@H]2C[C@@H](OC3CCCCO3)[C@@H](O[Si](C)(C)C(C)(C)C)[C@@H]2CC1. The molecular weight excluding hydrogens is 432 g/mol. The molecule has 5 atom stereocenters. The van der Waals surface area contributed by atoms with Crippen molar-refractivity contribution >= 4 is 14.3 Å². The molecule has 5 nitrogen and oxygen atoms in total. The van der Waals surface area contributed by atoms with Crippen LogP contribution in [0.3, 0.4) is 0 Å². The molecule has 0 bridgehead atoms. The molecule has 2 fully saturated rings. The summed E-state index contributed by atoms with van der Waals surface area (Å²) in [7, 11) is -1.91. The molecule has 3 rings (SSSR count). The number of hydrogen-bond acceptors (Lipinski definition) is 5. The third-order valence-electron chi connectivity index (χ3n) is 7.89. The molecule has 33 heavy (non-hydrogen) atoms. The Kier molecular flexibility index (Phi) is 9.41. The second kappa shape index (κ2) is 11.7. The van der Waals surface area contributed by atoms with E-state index in [9.17, 15) is 4.79 Å². The number of fused-ring (bicyclic) bond motifs is 1. The Bertz CT molecular complexity index is 702. The molecule has 1 unspecified atom stereocenters. The van der Waals surface area contributed by atoms with Gasteiger partial charge in [-0.1, -0.05) is 44.6 Å². The van der Waals surface area contributed by atoms with Gasteiger partial charge in [0.2, 0.25) is 0 Å². The van der Waals surface area contributed by atoms with Gasteiger partial charge in [0, 0.05) is 13.0 Å². The Morgan fingerprint density at radius 2 is 2.03 bits per heavy atom. The van der Waals surface area contributed by atoms with Gasteiger partial charge in [-0.05, 0) is 81.8 Å². The second-order valence-corrected chi connectivity index (χ2v) is 16.2. The van der Waals surface area contributed by atoms with E-state index >= 15 is 0 Å². The van der Waals surface area contributed by atoms with Crippen LogP contribution in [0.2, 0.25) is 18.1 Å². The lowest BCUT2D eigenvalue weighted by Crippen LogP contribution is -2.49. The van der Waals surface area contributed by atoms with Gasteiger partial charge in [0.25, 0.3) is 0 Å². The van der Waals surface area contributed by atoms with Crippen LogP contribution in [0.4, 0.5) is 0 Å². The molecule has 0 amide bonds. The Hall–Kier alpha value is -0.953. The monoisotopic (exact) mass is 478 g/mol. The minimum atomic E-state index is -1.91. The van der Waals surface area contributed by atoms with E-state index in [4.69, 9.17) is 18.6 Å². The van der Waals surface area contributed by atoms with Gasteiger partial charge in [-0.25, -0.2) is 0 Å². The van der Waals surface area contributed by atoms with Gasteiger partial charge in [-0.2, -0.15) is 0 Å². The Morgan fingerprint density at radius 3 is 2.70 bits per heavy atom. The van der Waals surface area contributed by atoms with Gasteiger partial charge in [0.1, 0.15) is 0 Å². The molecule has 6 heteroatoms. The van der Waals surface area contributed by atoms with Crippen LogP contribution in [0, 0.1) is 11.8 Å². The Morgan fingerprint density at radius 1 is 1.24 bits per heavy atom. The van der Waals surface area contributed by atoms with E-state index < -0.39 is 8.32 Å². The lowest BCUT2D eigenvalue weighted by Gasteiger charge is -2.42. The molecule has 1 saturated carbocycles. The normalized spacial score (nSPS) is 30.8. The van der Waals surface area contributed by atoms with Crippen LogP contribution in [-0.2, 0) is 23.4 Å². The minimum absolute atomic E-state index is 0.0827. The lowest BCUT2D eigenvalue weighted by atomic mass is 9.82. The molecule has 0 aromatic rings. The highest BCUT2D eigenvalue weighted by molar-refractivity contribution is 6.74. The van der Waals surface area contributed by atoms with Crippen molar-refractivity contribution in [2.75, 3.05) is 13.2 Å². The molecule has 188 valence electrons. The van der Waals surface area contributed by atoms with Crippen LogP contribution in [0.15, 0.2) is 23.8 Å². The van der Waals surface area contributed by atoms with Crippen molar-refractivity contribution in [2.24, 2.45) is 11.8 Å². The maximum absolute atomic E-state index is 11.6. The third-order valence-corrected chi connectivity index (χ3v) is 12.4. The van der Waals surface area contributed by atoms with Crippen LogP contribution >= 0.6 is 0 Å². The molecule has 2 aliphatic carbocycles. The van der Waals surface area contributed by atoms with E-state index in [2.05, 4.69) is 52.1 Å². The predicted molar refractivity (Wildman–Crippen MR) is 134 cm³/mol. The van der Waals surface area contributed by atoms with E-state index in [0.29, 0.717) is 24.9 Å². The molecule has 3 aliphatic rings. The lowest BCUT2D eigenvalue weighted by molar-refractivity contribution is -0.202. The highest BCUT2D eigenvalue weighted by Crippen LogP contribution is 2.48. The first-order chi connectivity index (χ1) is 15.6. The zero-order valence-corrected chi connectivity index (χ0v) is 22.7. The minimum Gasteiger partial charge on any atom is -0.466 e. The molecule has 1 aliphatic heterocycles. The summed E-state index contributed by atoms with van der Waals surface area (Å²) >= 11 is 0. The summed E-state index contributed by atoms with van der Waals surface area (Å²) in [6.07, 6.45) is 14.6. The van der Waals surface area contributed by atoms with E-state index in [-0.39, 0.29) is 29.5 Å². The van der Waals surface area contributed by atoms with E-state index in [1.807, 2.05) is 6.92 Å². The quantitative estimate of drug-likeness (QED) is 0.278. The van der Waals surface area contributed by atoms with E-state index in [1.165, 1.54) is 12.0 Å². The molecule has 1 saturated heterocycles. The zero-order valence-electron chi connectivity index (χ0n) is 21.7. The number of esters is 1. The van der Waals surface area contributed by atoms with Crippen molar-refractivity contribution in [3.8, 4) is 0 Å². The zero-order chi connectivity index (χ0) is 24.1. The fraction of sp³-hybridized carbons (Fsp3) is 0.815. The summed E-state index contributed by atoms with van der Waals surface area (Å²) in [5.74, 6) is 0.863. The summed E-state index contributed by atoms with van der Waals surface area (Å²) in [4.78, 5) is 11.6. The fourth-order valence-electron chi connectivity index (χ4n) is 4.99. The van der Waals surface area contributed by atoms with Crippen LogP contribution < -0.4 is 0 Å². The number of rotatable bonds is 9. The van der Waals surface area contributed by atoms with Gasteiger partial charge >= 0.3 is 5.97 Å². The topological polar surface area (TPSA) is 54.0 Å². The molecule has 0 radical (unpaired) electrons. The largest absolute Gasteiger partial charge is 0.466 e. The fourth-order valence-corrected chi connectivity index (χ4v) is 6.35. The molecule has 0 spiro atoms. The summed E-state index contributed by atoms with van der Waals surface area (Å²) in [5, 5.41) is 0.175. The van der Waals surface area contributed by atoms with Gasteiger partial charge in [0.15, 0.2) is 14.6 Å². The highest BCUT2D eigenvalue weighted by Gasteiger charge is 2.50. The first-order valence-electron chi connectivity index (χ1n) is 13.1. The van der Waals surface area contributed by atoms with Crippen molar-refractivity contribution in [1.29, 1.82) is 0 Å². The maximum Gasteiger partial charge on any atom is 0.306 e. The van der Waals surface area contributed by atoms with Crippen molar-refractivity contribution in [2.45, 2.75) is 116 Å². The number of allylic oxidation sites excluding steroid dienone is 4. The van der Waals surface area contributed by atoms with Crippen molar-refractivity contribution in [3.05, 3.63) is 23.8 Å². The standard InChI is InChI=1S/C27H46O5Si/c1-7-29-24(28)13-9-8-12-20-15-16-22-21(18-20)19-23(31-25-14-10-11-17-30-25)26(22)32-33(5,6)27(2,3)4/h8,12,18,21-23,25-26H,7,9-11,13-17,19H2,1-6H3/t21-,22-,23-,25?,26+/m1/s1. The van der Waals surface area contributed by atoms with Gasteiger partial charge in [-0.15, -0.1) is 0 Å². The third kappa shape index (κ3) is 7.27. The second-order valence-electron chi connectivity index (χ2n) is 11.4. The predicted octanol–water partition coefficient (Wildman–Crippen LogP) is 6.54. The van der Waals surface area contributed by atoms with Crippen molar-refractivity contribution in [3.63, 3.8) is 0 Å². The van der Waals surface area contributed by atoms with E-state index in [0.717, 1.165) is 45.1 Å². The number of ether oxygens (including phenoxy) is 3. The summed E-state index contributed by atoms with van der Waals surface area (Å²) in [6, 6.07) is 0. The van der Waals surface area contributed by atoms with Crippen molar-refractivity contribution < 1.29 is 23.4 Å². The van der Waals surface area contributed by atoms with Gasteiger partial charge in [0.05, 0.1) is 18.8 Å². The Labute approximate surface area is 202 Å². The van der Waals surface area contributed by atoms with Crippen molar-refractivity contribution in [1.82, 2.24) is 0 Å². The van der Waals surface area contributed by atoms with Crippen LogP contribution in [0.25, 0.3) is 0 Å². The average molecular weight is 479 g/mol. The molecular formula is C27H46O5Si. The van der Waals surface area contributed by atoms with Gasteiger partial charge in [-0.3, -0.25) is 4.79 Å². The van der Waals surface area contributed by atoms with Crippen LogP contribution in [0.5, 0.6) is 0 Å². The average Bonchev–Trinajstić information content (AvgIpc) is 3.07. The van der Waals surface area contributed by atoms with Gasteiger partial charge < -0.3 is 18.6 Å². The highest BCUT2D eigenvalue weighted by atomic mass is 28.4. The summed E-state index contributed by atoms with van der Waals surface area (Å²) in [6.45, 7) is 14.7. The first kappa shape index (κ1) is 26.6. The number of carbonyl (C=O) groups is 1. The van der Waals surface area contributed by atoms with E-state index in [1.54, 1.807) is 0 Å². The molecule has 0 aromatic carbocycles.